The highest BCUT2D eigenvalue weighted by Gasteiger charge is 2.61. The van der Waals surface area contributed by atoms with Crippen molar-refractivity contribution in [3.8, 4) is 22.5 Å². The second-order valence-corrected chi connectivity index (χ2v) is 24.1. The molecule has 8 fully saturated rings. The van der Waals surface area contributed by atoms with Crippen molar-refractivity contribution in [3.05, 3.63) is 52.1 Å². The third kappa shape index (κ3) is 9.68. The van der Waals surface area contributed by atoms with Gasteiger partial charge in [-0.15, -0.1) is 11.3 Å². The Morgan fingerprint density at radius 2 is 1.78 bits per heavy atom. The number of likely N-dealkylation sites (tertiary alicyclic amines) is 1. The van der Waals surface area contributed by atoms with Gasteiger partial charge in [-0.05, 0) is 108 Å². The van der Waals surface area contributed by atoms with Crippen LogP contribution in [0.25, 0.3) is 33.4 Å². The maximum absolute atomic E-state index is 15.1. The van der Waals surface area contributed by atoms with Gasteiger partial charge >= 0.3 is 5.97 Å². The second-order valence-electron chi connectivity index (χ2n) is 23.3. The van der Waals surface area contributed by atoms with Crippen molar-refractivity contribution in [3.63, 3.8) is 0 Å². The number of thiazole rings is 1. The van der Waals surface area contributed by atoms with Crippen molar-refractivity contribution in [2.45, 2.75) is 147 Å². The number of amides is 2. The van der Waals surface area contributed by atoms with Gasteiger partial charge in [0.05, 0.1) is 66.5 Å². The topological polar surface area (TPSA) is 165 Å². The van der Waals surface area contributed by atoms with Crippen LogP contribution >= 0.6 is 11.3 Å². The first-order chi connectivity index (χ1) is 35.8. The Morgan fingerprint density at radius 3 is 2.50 bits per heavy atom. The molecule has 2 saturated carbocycles. The fourth-order valence-electron chi connectivity index (χ4n) is 12.8. The Bertz CT molecular complexity index is 2730. The zero-order valence-electron chi connectivity index (χ0n) is 43.9. The lowest BCUT2D eigenvalue weighted by molar-refractivity contribution is -0.158. The smallest absolute Gasteiger partial charge is 0.324 e. The van der Waals surface area contributed by atoms with Gasteiger partial charge in [0.15, 0.2) is 0 Å². The van der Waals surface area contributed by atoms with Gasteiger partial charge in [-0.2, -0.15) is 0 Å². The van der Waals surface area contributed by atoms with Crippen LogP contribution in [0.5, 0.6) is 0 Å². The first kappa shape index (κ1) is 50.3. The molecule has 17 nitrogen and oxygen atoms in total. The summed E-state index contributed by atoms with van der Waals surface area (Å²) in [5.41, 5.74) is 9.77. The second kappa shape index (κ2) is 20.4. The minimum atomic E-state index is -0.987. The van der Waals surface area contributed by atoms with Gasteiger partial charge in [-0.3, -0.25) is 34.2 Å². The van der Waals surface area contributed by atoms with Crippen molar-refractivity contribution >= 4 is 45.7 Å². The zero-order valence-corrected chi connectivity index (χ0v) is 44.8. The molecule has 10 heterocycles. The Hall–Kier alpha value is -4.53. The molecule has 9 aliphatic rings. The van der Waals surface area contributed by atoms with Crippen LogP contribution in [0.15, 0.2) is 35.8 Å². The summed E-state index contributed by atoms with van der Waals surface area (Å²) in [7, 11) is 1.75. The van der Waals surface area contributed by atoms with Gasteiger partial charge < -0.3 is 38.5 Å². The van der Waals surface area contributed by atoms with E-state index in [0.29, 0.717) is 70.9 Å². The lowest BCUT2D eigenvalue weighted by Gasteiger charge is -2.44. The molecule has 398 valence electrons. The maximum Gasteiger partial charge on any atom is 0.324 e. The Morgan fingerprint density at radius 1 is 0.986 bits per heavy atom. The molecule has 2 aliphatic carbocycles. The summed E-state index contributed by atoms with van der Waals surface area (Å²) in [6.45, 7) is 16.9. The number of methoxy groups -OCH3 is 1. The SMILES string of the molecule is CO[C@@H](C)c1ncc(N2CCN(C3CC3)CC2)cc1-c1c2c3cc(ccc3n1CCOC1CCOCC1)-c1csc(n1)[C@@H](N1CCC1)[C@H](NC(=O)C13CC(C1)[C@H](C)O3)C(=O)N1CCC[C@H](N1)C(=O)OCC(C)(C)C2. The Kier molecular flexibility index (Phi) is 13.9. The van der Waals surface area contributed by atoms with Crippen LogP contribution in [-0.2, 0) is 51.0 Å². The molecule has 8 bridgehead atoms. The summed E-state index contributed by atoms with van der Waals surface area (Å²) in [6.07, 6.45) is 10.1. The van der Waals surface area contributed by atoms with E-state index in [4.69, 9.17) is 33.7 Å². The lowest BCUT2D eigenvalue weighted by atomic mass is 9.72. The third-order valence-electron chi connectivity index (χ3n) is 17.5. The number of fused-ring (bicyclic) bond motifs is 7. The van der Waals surface area contributed by atoms with Crippen LogP contribution in [0.2, 0.25) is 0 Å². The fourth-order valence-corrected chi connectivity index (χ4v) is 13.8. The largest absolute Gasteiger partial charge is 0.464 e. The molecule has 0 radical (unpaired) electrons. The van der Waals surface area contributed by atoms with Gasteiger partial charge in [0.25, 0.3) is 11.8 Å². The standard InChI is InChI=1S/C56H75N9O8S/c1-34-37-28-56(29-37,73-34)54(68)59-48-50(63-15-7-16-63)51-58-45(32-74-51)36-9-12-46-41(26-36)43(30-55(3,4)33-72-53(67)44-8-6-17-65(60-44)52(48)66)49(64(46)22-25-71-40-13-23-70-24-14-40)42-27-39(31-57-47(42)35(2)69-5)62-20-18-61(19-21-62)38-10-11-38/h9,12,26-27,31-32,34-35,37-38,40,44,48,50,60H,6-8,10-11,13-25,28-30,33H2,1-5H3,(H,59,68)/t34-,35-,37?,44-,48-,50-,56?/m0/s1. The summed E-state index contributed by atoms with van der Waals surface area (Å²) in [5, 5.41) is 8.73. The van der Waals surface area contributed by atoms with Crippen molar-refractivity contribution < 1.29 is 38.1 Å². The quantitative estimate of drug-likeness (QED) is 0.149. The summed E-state index contributed by atoms with van der Waals surface area (Å²) in [4.78, 5) is 62.0. The van der Waals surface area contributed by atoms with Crippen molar-refractivity contribution in [2.24, 2.45) is 11.3 Å². The van der Waals surface area contributed by atoms with E-state index in [2.05, 4.69) is 80.4 Å². The predicted octanol–water partition coefficient (Wildman–Crippen LogP) is 6.43. The van der Waals surface area contributed by atoms with E-state index in [9.17, 15) is 9.59 Å². The van der Waals surface area contributed by atoms with Crippen LogP contribution in [0.3, 0.4) is 0 Å². The number of piperazine rings is 1. The summed E-state index contributed by atoms with van der Waals surface area (Å²) in [5.74, 6) is -0.625. The summed E-state index contributed by atoms with van der Waals surface area (Å²) >= 11 is 1.52. The predicted molar refractivity (Wildman–Crippen MR) is 281 cm³/mol. The Labute approximate surface area is 438 Å². The number of cyclic esters (lactones) is 1. The molecule has 1 aromatic carbocycles. The first-order valence-corrected chi connectivity index (χ1v) is 28.5. The first-order valence-electron chi connectivity index (χ1n) is 27.6. The number of nitrogens with zero attached hydrogens (tertiary/aromatic N) is 7. The zero-order chi connectivity index (χ0) is 50.9. The number of aromatic nitrogens is 3. The van der Waals surface area contributed by atoms with Crippen molar-refractivity contribution in [2.75, 3.05) is 84.3 Å². The fraction of sp³-hybridized carbons (Fsp3) is 0.661. The monoisotopic (exact) mass is 1030 g/mol. The van der Waals surface area contributed by atoms with E-state index in [1.807, 2.05) is 13.1 Å². The molecule has 4 aromatic rings. The molecule has 0 spiro atoms. The van der Waals surface area contributed by atoms with E-state index in [-0.39, 0.29) is 36.7 Å². The van der Waals surface area contributed by atoms with E-state index >= 15 is 4.79 Å². The van der Waals surface area contributed by atoms with E-state index < -0.39 is 35.1 Å². The average Bonchev–Trinajstić information content (AvgIpc) is 3.74. The number of esters is 1. The highest BCUT2D eigenvalue weighted by Crippen LogP contribution is 2.53. The minimum absolute atomic E-state index is 0.0122. The van der Waals surface area contributed by atoms with E-state index in [1.54, 1.807) is 12.1 Å². The molecule has 18 heteroatoms. The van der Waals surface area contributed by atoms with Crippen molar-refractivity contribution in [1.82, 2.24) is 40.1 Å². The average molecular weight is 1030 g/mol. The molecule has 3 aromatic heterocycles. The molecule has 5 atom stereocenters. The van der Waals surface area contributed by atoms with Gasteiger partial charge in [0.1, 0.15) is 22.7 Å². The number of pyridine rings is 1. The molecule has 2 N–H and O–H groups in total. The highest BCUT2D eigenvalue weighted by atomic mass is 32.1. The summed E-state index contributed by atoms with van der Waals surface area (Å²) in [6, 6.07) is 7.45. The summed E-state index contributed by atoms with van der Waals surface area (Å²) < 4.78 is 33.6. The number of anilines is 1. The van der Waals surface area contributed by atoms with Crippen LogP contribution in [0.1, 0.15) is 114 Å². The Balaban J connectivity index is 0.994. The number of carbonyl (C=O) groups excluding carboxylic acids is 3. The highest BCUT2D eigenvalue weighted by molar-refractivity contribution is 7.10. The molecule has 6 saturated heterocycles. The van der Waals surface area contributed by atoms with Crippen LogP contribution in [-0.4, -0.2) is 162 Å². The number of rotatable bonds is 12. The number of hydrogen-bond acceptors (Lipinski definition) is 15. The van der Waals surface area contributed by atoms with Crippen molar-refractivity contribution in [1.29, 1.82) is 0 Å². The van der Waals surface area contributed by atoms with Crippen LogP contribution in [0.4, 0.5) is 5.69 Å². The van der Waals surface area contributed by atoms with Gasteiger partial charge in [-0.1, -0.05) is 19.9 Å². The molecule has 74 heavy (non-hydrogen) atoms. The number of hydrogen-bond donors (Lipinski definition) is 2. The molecule has 2 amide bonds. The number of carbonyl (C=O) groups is 3. The van der Waals surface area contributed by atoms with Gasteiger partial charge in [-0.25, -0.2) is 10.4 Å². The van der Waals surface area contributed by atoms with Crippen LogP contribution < -0.4 is 15.6 Å². The number of hydrazine groups is 1. The minimum Gasteiger partial charge on any atom is -0.464 e. The number of benzene rings is 1. The van der Waals surface area contributed by atoms with Crippen LogP contribution in [0, 0.1) is 11.3 Å². The molecule has 13 rings (SSSR count). The molecule has 0 unspecified atom stereocenters. The number of ether oxygens (including phenoxy) is 5. The van der Waals surface area contributed by atoms with E-state index in [1.165, 1.54) is 24.2 Å². The van der Waals surface area contributed by atoms with Gasteiger partial charge in [0.2, 0.25) is 0 Å². The normalized spacial score (nSPS) is 29.4. The third-order valence-corrected chi connectivity index (χ3v) is 18.5. The molecular formula is C56H75N9O8S. The number of nitrogens with one attached hydrogen (secondary N) is 2. The van der Waals surface area contributed by atoms with Gasteiger partial charge in [0, 0.05) is 112 Å². The maximum atomic E-state index is 15.1. The molecular weight excluding hydrogens is 959 g/mol. The van der Waals surface area contributed by atoms with E-state index in [0.717, 1.165) is 120 Å². The lowest BCUT2D eigenvalue weighted by Crippen LogP contribution is -2.65. The molecule has 7 aliphatic heterocycles.